The number of thioether (sulfide) groups is 1. The first kappa shape index (κ1) is 12.6. The molecule has 0 aliphatic rings. The summed E-state index contributed by atoms with van der Waals surface area (Å²) < 4.78 is 4.87. The van der Waals surface area contributed by atoms with Crippen LogP contribution in [0.15, 0.2) is 29.3 Å². The van der Waals surface area contributed by atoms with E-state index in [0.717, 1.165) is 10.9 Å². The topological polar surface area (TPSA) is 78.1 Å². The molecule has 2 rings (SSSR count). The Hall–Kier alpha value is -1.82. The van der Waals surface area contributed by atoms with Crippen molar-refractivity contribution in [3.63, 3.8) is 0 Å². The smallest absolute Gasteiger partial charge is 0.316 e. The quantitative estimate of drug-likeness (QED) is 0.515. The second kappa shape index (κ2) is 5.68. The second-order valence-electron chi connectivity index (χ2n) is 3.50. The van der Waals surface area contributed by atoms with Gasteiger partial charge >= 0.3 is 5.97 Å². The van der Waals surface area contributed by atoms with E-state index in [1.807, 2.05) is 24.3 Å². The van der Waals surface area contributed by atoms with Gasteiger partial charge in [0.15, 0.2) is 0 Å². The van der Waals surface area contributed by atoms with Gasteiger partial charge in [0, 0.05) is 5.39 Å². The van der Waals surface area contributed by atoms with Crippen molar-refractivity contribution in [2.24, 2.45) is 0 Å². The third-order valence-electron chi connectivity index (χ3n) is 2.22. The van der Waals surface area contributed by atoms with Gasteiger partial charge in [-0.3, -0.25) is 4.79 Å². The number of nitrogen functional groups attached to an aromatic ring is 1. The second-order valence-corrected chi connectivity index (χ2v) is 4.46. The van der Waals surface area contributed by atoms with Gasteiger partial charge in [-0.25, -0.2) is 9.97 Å². The Balaban J connectivity index is 2.24. The number of esters is 1. The van der Waals surface area contributed by atoms with Crippen LogP contribution in [-0.4, -0.2) is 28.3 Å². The monoisotopic (exact) mass is 263 g/mol. The lowest BCUT2D eigenvalue weighted by Gasteiger charge is -2.05. The Morgan fingerprint density at radius 1 is 1.39 bits per heavy atom. The number of benzene rings is 1. The van der Waals surface area contributed by atoms with Gasteiger partial charge in [0.25, 0.3) is 0 Å². The van der Waals surface area contributed by atoms with Crippen LogP contribution < -0.4 is 5.73 Å². The number of hydrogen-bond acceptors (Lipinski definition) is 6. The van der Waals surface area contributed by atoms with E-state index in [-0.39, 0.29) is 17.7 Å². The third kappa shape index (κ3) is 2.89. The number of anilines is 1. The van der Waals surface area contributed by atoms with Crippen LogP contribution >= 0.6 is 11.8 Å². The summed E-state index contributed by atoms with van der Waals surface area (Å²) in [5.41, 5.74) is 6.41. The summed E-state index contributed by atoms with van der Waals surface area (Å²) in [5, 5.41) is 1.59. The molecular weight excluding hydrogens is 250 g/mol. The molecule has 2 N–H and O–H groups in total. The lowest BCUT2D eigenvalue weighted by atomic mass is 10.2. The summed E-state index contributed by atoms with van der Waals surface area (Å²) in [6.45, 7) is 2.16. The highest BCUT2D eigenvalue weighted by Gasteiger charge is 2.09. The number of nitrogens with zero attached hydrogens (tertiary/aromatic N) is 2. The van der Waals surface area contributed by atoms with Crippen LogP contribution in [0.1, 0.15) is 6.92 Å². The maximum Gasteiger partial charge on any atom is 0.316 e. The first-order chi connectivity index (χ1) is 8.70. The van der Waals surface area contributed by atoms with Crippen molar-refractivity contribution >= 4 is 34.6 Å². The lowest BCUT2D eigenvalue weighted by molar-refractivity contribution is -0.139. The van der Waals surface area contributed by atoms with E-state index in [4.69, 9.17) is 10.5 Å². The maximum atomic E-state index is 11.3. The van der Waals surface area contributed by atoms with Crippen molar-refractivity contribution in [2.75, 3.05) is 18.1 Å². The van der Waals surface area contributed by atoms with Crippen LogP contribution in [0.5, 0.6) is 0 Å². The Morgan fingerprint density at radius 2 is 2.17 bits per heavy atom. The van der Waals surface area contributed by atoms with E-state index in [0.29, 0.717) is 11.6 Å². The van der Waals surface area contributed by atoms with Gasteiger partial charge in [0.2, 0.25) is 5.95 Å². The van der Waals surface area contributed by atoms with Crippen LogP contribution in [0.4, 0.5) is 5.95 Å². The summed E-state index contributed by atoms with van der Waals surface area (Å²) in [5.74, 6) is 0.165. The van der Waals surface area contributed by atoms with Crippen molar-refractivity contribution in [2.45, 2.75) is 11.9 Å². The molecule has 2 aromatic rings. The fourth-order valence-corrected chi connectivity index (χ4v) is 2.33. The fourth-order valence-electron chi connectivity index (χ4n) is 1.50. The SMILES string of the molecule is CCOC(=O)CSc1nc(N)nc2ccccc12. The summed E-state index contributed by atoms with van der Waals surface area (Å²) >= 11 is 1.31. The average molecular weight is 263 g/mol. The molecule has 1 heterocycles. The molecule has 0 spiro atoms. The van der Waals surface area contributed by atoms with E-state index in [9.17, 15) is 4.79 Å². The van der Waals surface area contributed by atoms with Gasteiger partial charge in [0.05, 0.1) is 17.9 Å². The van der Waals surface area contributed by atoms with Gasteiger partial charge in [-0.2, -0.15) is 0 Å². The number of ether oxygens (including phenoxy) is 1. The largest absolute Gasteiger partial charge is 0.465 e. The zero-order valence-corrected chi connectivity index (χ0v) is 10.7. The van der Waals surface area contributed by atoms with E-state index in [1.165, 1.54) is 11.8 Å². The number of carbonyl (C=O) groups is 1. The van der Waals surface area contributed by atoms with E-state index < -0.39 is 0 Å². The Bertz CT molecular complexity index is 574. The number of nitrogens with two attached hydrogens (primary N) is 1. The summed E-state index contributed by atoms with van der Waals surface area (Å²) in [7, 11) is 0. The van der Waals surface area contributed by atoms with Crippen molar-refractivity contribution in [1.82, 2.24) is 9.97 Å². The maximum absolute atomic E-state index is 11.3. The van der Waals surface area contributed by atoms with E-state index in [1.54, 1.807) is 6.92 Å². The molecule has 0 saturated carbocycles. The molecule has 18 heavy (non-hydrogen) atoms. The summed E-state index contributed by atoms with van der Waals surface area (Å²) in [6, 6.07) is 7.55. The van der Waals surface area contributed by atoms with Crippen molar-refractivity contribution < 1.29 is 9.53 Å². The highest BCUT2D eigenvalue weighted by molar-refractivity contribution is 8.00. The first-order valence-corrected chi connectivity index (χ1v) is 6.50. The number of aromatic nitrogens is 2. The van der Waals surface area contributed by atoms with E-state index >= 15 is 0 Å². The van der Waals surface area contributed by atoms with Crippen LogP contribution in [0, 0.1) is 0 Å². The van der Waals surface area contributed by atoms with Crippen LogP contribution in [0.2, 0.25) is 0 Å². The minimum absolute atomic E-state index is 0.208. The zero-order valence-electron chi connectivity index (χ0n) is 9.92. The fraction of sp³-hybridized carbons (Fsp3) is 0.250. The number of rotatable bonds is 4. The molecule has 0 amide bonds. The molecule has 0 aliphatic carbocycles. The molecule has 0 saturated heterocycles. The van der Waals surface area contributed by atoms with Crippen LogP contribution in [0.25, 0.3) is 10.9 Å². The van der Waals surface area contributed by atoms with E-state index in [2.05, 4.69) is 9.97 Å². The molecule has 1 aromatic carbocycles. The minimum Gasteiger partial charge on any atom is -0.465 e. The first-order valence-electron chi connectivity index (χ1n) is 5.51. The third-order valence-corrected chi connectivity index (χ3v) is 3.18. The molecule has 0 radical (unpaired) electrons. The molecule has 6 heteroatoms. The Morgan fingerprint density at radius 3 is 2.94 bits per heavy atom. The molecule has 94 valence electrons. The summed E-state index contributed by atoms with van der Waals surface area (Å²) in [4.78, 5) is 19.6. The summed E-state index contributed by atoms with van der Waals surface area (Å²) in [6.07, 6.45) is 0. The number of para-hydroxylation sites is 1. The van der Waals surface area contributed by atoms with Gasteiger partial charge in [0.1, 0.15) is 5.03 Å². The Kier molecular flexibility index (Phi) is 3.99. The molecule has 5 nitrogen and oxygen atoms in total. The predicted molar refractivity (Wildman–Crippen MR) is 71.3 cm³/mol. The minimum atomic E-state index is -0.260. The van der Waals surface area contributed by atoms with Gasteiger partial charge in [-0.1, -0.05) is 30.0 Å². The Labute approximate surface area is 109 Å². The lowest BCUT2D eigenvalue weighted by Crippen LogP contribution is -2.07. The van der Waals surface area contributed by atoms with Crippen molar-refractivity contribution in [3.05, 3.63) is 24.3 Å². The average Bonchev–Trinajstić information content (AvgIpc) is 2.36. The molecule has 0 aliphatic heterocycles. The standard InChI is InChI=1S/C12H13N3O2S/c1-2-17-10(16)7-18-11-8-5-3-4-6-9(8)14-12(13)15-11/h3-6H,2,7H2,1H3,(H2,13,14,15). The van der Waals surface area contributed by atoms with Gasteiger partial charge in [-0.15, -0.1) is 0 Å². The van der Waals surface area contributed by atoms with Crippen molar-refractivity contribution in [3.8, 4) is 0 Å². The molecule has 1 aromatic heterocycles. The molecule has 0 unspecified atom stereocenters. The van der Waals surface area contributed by atoms with Crippen molar-refractivity contribution in [1.29, 1.82) is 0 Å². The van der Waals surface area contributed by atoms with Gasteiger partial charge < -0.3 is 10.5 Å². The molecule has 0 fully saturated rings. The molecular formula is C12H13N3O2S. The number of carbonyl (C=O) groups excluding carboxylic acids is 1. The van der Waals surface area contributed by atoms with Crippen LogP contribution in [0.3, 0.4) is 0 Å². The predicted octanol–water partition coefficient (Wildman–Crippen LogP) is 1.87. The number of fused-ring (bicyclic) bond motifs is 1. The molecule has 0 bridgehead atoms. The number of hydrogen-bond donors (Lipinski definition) is 1. The zero-order chi connectivity index (χ0) is 13.0. The highest BCUT2D eigenvalue weighted by Crippen LogP contribution is 2.25. The highest BCUT2D eigenvalue weighted by atomic mass is 32.2. The normalized spacial score (nSPS) is 10.5. The van der Waals surface area contributed by atoms with Gasteiger partial charge in [-0.05, 0) is 13.0 Å². The van der Waals surface area contributed by atoms with Crippen LogP contribution in [-0.2, 0) is 9.53 Å². The molecule has 0 atom stereocenters.